The Morgan fingerprint density at radius 3 is 2.04 bits per heavy atom. The summed E-state index contributed by atoms with van der Waals surface area (Å²) in [5, 5.41) is 0. The molecule has 0 heterocycles. The van der Waals surface area contributed by atoms with E-state index in [-0.39, 0.29) is 5.91 Å². The van der Waals surface area contributed by atoms with Gasteiger partial charge in [0.2, 0.25) is 0 Å². The van der Waals surface area contributed by atoms with Crippen LogP contribution >= 0.6 is 0 Å². The fourth-order valence-electron chi connectivity index (χ4n) is 2.42. The van der Waals surface area contributed by atoms with Crippen molar-refractivity contribution in [2.24, 2.45) is 0 Å². The third kappa shape index (κ3) is 3.24. The number of nitrogens with zero attached hydrogens (tertiary/aromatic N) is 1. The van der Waals surface area contributed by atoms with E-state index in [1.807, 2.05) is 84.9 Å². The van der Waals surface area contributed by atoms with Crippen LogP contribution in [0.5, 0.6) is 5.75 Å². The summed E-state index contributed by atoms with van der Waals surface area (Å²) in [6, 6.07) is 26.4. The highest BCUT2D eigenvalue weighted by molar-refractivity contribution is 6.10. The average Bonchev–Trinajstić information content (AvgIpc) is 2.64. The minimum Gasteiger partial charge on any atom is -0.497 e. The number of rotatable bonds is 4. The zero-order valence-electron chi connectivity index (χ0n) is 12.8. The molecule has 0 spiro atoms. The van der Waals surface area contributed by atoms with E-state index in [4.69, 9.17) is 4.74 Å². The quantitative estimate of drug-likeness (QED) is 0.700. The highest BCUT2D eigenvalue weighted by atomic mass is 16.5. The van der Waals surface area contributed by atoms with Crippen molar-refractivity contribution in [3.8, 4) is 5.75 Å². The fraction of sp³-hybridized carbons (Fsp3) is 0.0500. The topological polar surface area (TPSA) is 29.5 Å². The number of hydrogen-bond donors (Lipinski definition) is 0. The molecule has 0 radical (unpaired) electrons. The molecule has 0 fully saturated rings. The van der Waals surface area contributed by atoms with Crippen LogP contribution in [-0.4, -0.2) is 13.0 Å². The Labute approximate surface area is 135 Å². The van der Waals surface area contributed by atoms with Crippen molar-refractivity contribution in [2.75, 3.05) is 12.0 Å². The number of carbonyl (C=O) groups is 1. The Bertz CT molecular complexity index is 785. The molecule has 114 valence electrons. The van der Waals surface area contributed by atoms with Crippen LogP contribution in [-0.2, 0) is 0 Å². The van der Waals surface area contributed by atoms with Crippen LogP contribution in [0.2, 0.25) is 0 Å². The van der Waals surface area contributed by atoms with Crippen molar-refractivity contribution in [3.05, 3.63) is 90.5 Å². The smallest absolute Gasteiger partial charge is 0.262 e. The number of para-hydroxylation sites is 1. The van der Waals surface area contributed by atoms with Crippen LogP contribution in [0.4, 0.5) is 11.4 Å². The number of amides is 1. The van der Waals surface area contributed by atoms with Crippen molar-refractivity contribution in [1.29, 1.82) is 0 Å². The maximum Gasteiger partial charge on any atom is 0.262 e. The van der Waals surface area contributed by atoms with E-state index in [1.165, 1.54) is 0 Å². The largest absolute Gasteiger partial charge is 0.497 e. The highest BCUT2D eigenvalue weighted by Crippen LogP contribution is 2.29. The summed E-state index contributed by atoms with van der Waals surface area (Å²) in [5.74, 6) is 0.634. The van der Waals surface area contributed by atoms with E-state index in [0.29, 0.717) is 11.3 Å². The highest BCUT2D eigenvalue weighted by Gasteiger charge is 2.19. The fourth-order valence-corrected chi connectivity index (χ4v) is 2.42. The molecule has 3 heteroatoms. The first kappa shape index (κ1) is 14.9. The first-order chi connectivity index (χ1) is 11.3. The van der Waals surface area contributed by atoms with Crippen molar-refractivity contribution in [2.45, 2.75) is 0 Å². The van der Waals surface area contributed by atoms with Gasteiger partial charge in [-0.3, -0.25) is 9.69 Å². The Hall–Kier alpha value is -3.07. The number of benzene rings is 3. The van der Waals surface area contributed by atoms with Crippen molar-refractivity contribution < 1.29 is 9.53 Å². The van der Waals surface area contributed by atoms with Gasteiger partial charge in [-0.1, -0.05) is 42.5 Å². The van der Waals surface area contributed by atoms with Gasteiger partial charge in [0, 0.05) is 17.3 Å². The zero-order chi connectivity index (χ0) is 16.1. The molecule has 0 N–H and O–H groups in total. The predicted octanol–water partition coefficient (Wildman–Crippen LogP) is 4.67. The maximum absolute atomic E-state index is 13.0. The summed E-state index contributed by atoms with van der Waals surface area (Å²) >= 11 is 0. The number of methoxy groups -OCH3 is 1. The van der Waals surface area contributed by atoms with Gasteiger partial charge in [0.05, 0.1) is 12.8 Å². The molecule has 3 aromatic carbocycles. The maximum atomic E-state index is 13.0. The van der Waals surface area contributed by atoms with E-state index in [2.05, 4.69) is 0 Å². The lowest BCUT2D eigenvalue weighted by molar-refractivity contribution is 0.0999. The van der Waals surface area contributed by atoms with Gasteiger partial charge in [-0.25, -0.2) is 0 Å². The standard InChI is InChI=1S/C20H17NO2/c1-23-19-14-8-13-18(15-19)21(17-11-6-3-7-12-17)20(22)16-9-4-2-5-10-16/h2-15H,1H3. The zero-order valence-corrected chi connectivity index (χ0v) is 12.8. The molecule has 23 heavy (non-hydrogen) atoms. The van der Waals surface area contributed by atoms with Crippen LogP contribution in [0.3, 0.4) is 0 Å². The summed E-state index contributed by atoms with van der Waals surface area (Å²) in [4.78, 5) is 14.7. The molecule has 3 aromatic rings. The molecule has 0 bridgehead atoms. The third-order valence-corrected chi connectivity index (χ3v) is 3.55. The third-order valence-electron chi connectivity index (χ3n) is 3.55. The molecular formula is C20H17NO2. The normalized spacial score (nSPS) is 10.1. The van der Waals surface area contributed by atoms with Crippen LogP contribution < -0.4 is 9.64 Å². The van der Waals surface area contributed by atoms with Crippen LogP contribution in [0, 0.1) is 0 Å². The molecule has 0 unspecified atom stereocenters. The monoisotopic (exact) mass is 303 g/mol. The van der Waals surface area contributed by atoms with Gasteiger partial charge in [-0.15, -0.1) is 0 Å². The van der Waals surface area contributed by atoms with Gasteiger partial charge in [0.25, 0.3) is 5.91 Å². The minimum atomic E-state index is -0.0787. The molecule has 0 aliphatic carbocycles. The molecule has 0 aliphatic heterocycles. The van der Waals surface area contributed by atoms with Crippen molar-refractivity contribution in [1.82, 2.24) is 0 Å². The Morgan fingerprint density at radius 1 is 0.783 bits per heavy atom. The van der Waals surface area contributed by atoms with E-state index in [0.717, 1.165) is 11.4 Å². The molecule has 0 aromatic heterocycles. The summed E-state index contributed by atoms with van der Waals surface area (Å²) in [7, 11) is 1.62. The van der Waals surface area contributed by atoms with Gasteiger partial charge < -0.3 is 4.74 Å². The lowest BCUT2D eigenvalue weighted by atomic mass is 10.1. The second kappa shape index (κ2) is 6.79. The molecule has 0 atom stereocenters. The van der Waals surface area contributed by atoms with Gasteiger partial charge in [-0.2, -0.15) is 0 Å². The summed E-state index contributed by atoms with van der Waals surface area (Å²) in [6.07, 6.45) is 0. The molecule has 3 nitrogen and oxygen atoms in total. The summed E-state index contributed by atoms with van der Waals surface area (Å²) in [6.45, 7) is 0. The van der Waals surface area contributed by atoms with Crippen LogP contribution in [0.25, 0.3) is 0 Å². The molecule has 1 amide bonds. The Kier molecular flexibility index (Phi) is 4.39. The van der Waals surface area contributed by atoms with E-state index < -0.39 is 0 Å². The molecule has 0 saturated carbocycles. The lowest BCUT2D eigenvalue weighted by Crippen LogP contribution is -2.25. The second-order valence-electron chi connectivity index (χ2n) is 5.04. The summed E-state index contributed by atoms with van der Waals surface area (Å²) in [5.41, 5.74) is 2.22. The molecule has 3 rings (SSSR count). The van der Waals surface area contributed by atoms with E-state index in [1.54, 1.807) is 12.0 Å². The predicted molar refractivity (Wildman–Crippen MR) is 92.3 cm³/mol. The SMILES string of the molecule is COc1cccc(N(C(=O)c2ccccc2)c2ccccc2)c1. The average molecular weight is 303 g/mol. The Balaban J connectivity index is 2.09. The van der Waals surface area contributed by atoms with Crippen LogP contribution in [0.1, 0.15) is 10.4 Å². The molecule has 0 saturated heterocycles. The number of ether oxygens (including phenoxy) is 1. The first-order valence-corrected chi connectivity index (χ1v) is 7.38. The molecular weight excluding hydrogens is 286 g/mol. The van der Waals surface area contributed by atoms with Crippen molar-refractivity contribution in [3.63, 3.8) is 0 Å². The Morgan fingerprint density at radius 2 is 1.39 bits per heavy atom. The van der Waals surface area contributed by atoms with E-state index >= 15 is 0 Å². The summed E-state index contributed by atoms with van der Waals surface area (Å²) < 4.78 is 5.29. The lowest BCUT2D eigenvalue weighted by Gasteiger charge is -2.23. The van der Waals surface area contributed by atoms with Gasteiger partial charge in [0.15, 0.2) is 0 Å². The van der Waals surface area contributed by atoms with E-state index in [9.17, 15) is 4.79 Å². The minimum absolute atomic E-state index is 0.0787. The number of carbonyl (C=O) groups excluding carboxylic acids is 1. The van der Waals surface area contributed by atoms with Crippen LogP contribution in [0.15, 0.2) is 84.9 Å². The van der Waals surface area contributed by atoms with Crippen molar-refractivity contribution >= 4 is 17.3 Å². The second-order valence-corrected chi connectivity index (χ2v) is 5.04. The number of hydrogen-bond acceptors (Lipinski definition) is 2. The van der Waals surface area contributed by atoms with Gasteiger partial charge in [-0.05, 0) is 36.4 Å². The number of anilines is 2. The first-order valence-electron chi connectivity index (χ1n) is 7.38. The molecule has 0 aliphatic rings. The van der Waals surface area contributed by atoms with Gasteiger partial charge >= 0.3 is 0 Å². The van der Waals surface area contributed by atoms with Gasteiger partial charge in [0.1, 0.15) is 5.75 Å².